The van der Waals surface area contributed by atoms with Gasteiger partial charge in [-0.1, -0.05) is 31.1 Å². The summed E-state index contributed by atoms with van der Waals surface area (Å²) in [4.78, 5) is 4.85. The SMILES string of the molecule is CCNC(=NCc1cc(C(C)C)no1)NCCc1ccc(S(C)(=O)=O)cc1. The highest BCUT2D eigenvalue weighted by molar-refractivity contribution is 7.90. The first-order valence-electron chi connectivity index (χ1n) is 9.06. The van der Waals surface area contributed by atoms with Crippen LogP contribution in [0.1, 0.15) is 43.7 Å². The van der Waals surface area contributed by atoms with Gasteiger partial charge in [-0.25, -0.2) is 13.4 Å². The molecule has 0 bridgehead atoms. The lowest BCUT2D eigenvalue weighted by molar-refractivity contribution is 0.376. The minimum absolute atomic E-state index is 0.326. The van der Waals surface area contributed by atoms with Crippen molar-refractivity contribution >= 4 is 15.8 Å². The maximum atomic E-state index is 11.5. The molecule has 0 saturated heterocycles. The van der Waals surface area contributed by atoms with Gasteiger partial charge < -0.3 is 15.2 Å². The van der Waals surface area contributed by atoms with Crippen molar-refractivity contribution < 1.29 is 12.9 Å². The number of nitrogens with zero attached hydrogens (tertiary/aromatic N) is 2. The third kappa shape index (κ3) is 6.71. The lowest BCUT2D eigenvalue weighted by Gasteiger charge is -2.11. The van der Waals surface area contributed by atoms with Gasteiger partial charge in [-0.3, -0.25) is 0 Å². The van der Waals surface area contributed by atoms with Crippen LogP contribution in [0.25, 0.3) is 0 Å². The topological polar surface area (TPSA) is 96.6 Å². The first kappa shape index (κ1) is 21.0. The predicted octanol–water partition coefficient (Wildman–Crippen LogP) is 2.50. The van der Waals surface area contributed by atoms with Crippen LogP contribution in [0.4, 0.5) is 0 Å². The summed E-state index contributed by atoms with van der Waals surface area (Å²) in [5.41, 5.74) is 1.98. The highest BCUT2D eigenvalue weighted by Gasteiger charge is 2.08. The fourth-order valence-electron chi connectivity index (χ4n) is 2.40. The van der Waals surface area contributed by atoms with Gasteiger partial charge in [0.05, 0.1) is 10.6 Å². The van der Waals surface area contributed by atoms with Crippen molar-refractivity contribution in [3.8, 4) is 0 Å². The molecule has 2 aromatic rings. The van der Waals surface area contributed by atoms with Crippen LogP contribution in [0.2, 0.25) is 0 Å². The molecule has 0 aliphatic heterocycles. The van der Waals surface area contributed by atoms with E-state index in [1.165, 1.54) is 6.26 Å². The highest BCUT2D eigenvalue weighted by atomic mass is 32.2. The van der Waals surface area contributed by atoms with E-state index in [9.17, 15) is 8.42 Å². The second kappa shape index (κ2) is 9.55. The average Bonchev–Trinajstić information content (AvgIpc) is 3.09. The summed E-state index contributed by atoms with van der Waals surface area (Å²) in [5.74, 6) is 1.76. The molecule has 148 valence electrons. The predicted molar refractivity (Wildman–Crippen MR) is 107 cm³/mol. The number of hydrogen-bond donors (Lipinski definition) is 2. The molecule has 0 saturated carbocycles. The Kier molecular flexibility index (Phi) is 7.41. The highest BCUT2D eigenvalue weighted by Crippen LogP contribution is 2.14. The molecular formula is C19H28N4O3S. The van der Waals surface area contributed by atoms with E-state index in [1.807, 2.05) is 25.1 Å². The van der Waals surface area contributed by atoms with Gasteiger partial charge in [-0.2, -0.15) is 0 Å². The van der Waals surface area contributed by atoms with E-state index in [4.69, 9.17) is 4.52 Å². The summed E-state index contributed by atoms with van der Waals surface area (Å²) in [7, 11) is -3.16. The molecule has 7 nitrogen and oxygen atoms in total. The van der Waals surface area contributed by atoms with Crippen molar-refractivity contribution in [3.05, 3.63) is 47.3 Å². The molecule has 0 amide bonds. The number of benzene rings is 1. The lowest BCUT2D eigenvalue weighted by Crippen LogP contribution is -2.38. The quantitative estimate of drug-likeness (QED) is 0.529. The minimum Gasteiger partial charge on any atom is -0.359 e. The number of guanidine groups is 1. The first-order chi connectivity index (χ1) is 12.8. The Morgan fingerprint density at radius 3 is 2.48 bits per heavy atom. The van der Waals surface area contributed by atoms with Crippen molar-refractivity contribution in [2.75, 3.05) is 19.3 Å². The number of aromatic nitrogens is 1. The molecule has 1 heterocycles. The first-order valence-corrected chi connectivity index (χ1v) is 11.0. The van der Waals surface area contributed by atoms with E-state index in [1.54, 1.807) is 12.1 Å². The maximum absolute atomic E-state index is 11.5. The molecule has 1 aromatic heterocycles. The van der Waals surface area contributed by atoms with Crippen LogP contribution in [-0.4, -0.2) is 38.9 Å². The molecule has 0 fully saturated rings. The monoisotopic (exact) mass is 392 g/mol. The van der Waals surface area contributed by atoms with Crippen molar-refractivity contribution in [1.82, 2.24) is 15.8 Å². The van der Waals surface area contributed by atoms with Crippen LogP contribution in [0, 0.1) is 0 Å². The Hall–Kier alpha value is -2.35. The summed E-state index contributed by atoms with van der Waals surface area (Å²) < 4.78 is 28.3. The van der Waals surface area contributed by atoms with Crippen molar-refractivity contribution in [2.24, 2.45) is 4.99 Å². The van der Waals surface area contributed by atoms with E-state index in [2.05, 4.69) is 34.6 Å². The van der Waals surface area contributed by atoms with Crippen LogP contribution >= 0.6 is 0 Å². The second-order valence-electron chi connectivity index (χ2n) is 6.66. The fraction of sp³-hybridized carbons (Fsp3) is 0.474. The molecule has 0 aliphatic carbocycles. The van der Waals surface area contributed by atoms with Gasteiger partial charge in [0, 0.05) is 25.4 Å². The van der Waals surface area contributed by atoms with Crippen molar-refractivity contribution in [3.63, 3.8) is 0 Å². The van der Waals surface area contributed by atoms with Crippen LogP contribution in [0.15, 0.2) is 44.7 Å². The molecule has 0 spiro atoms. The van der Waals surface area contributed by atoms with Crippen molar-refractivity contribution in [2.45, 2.75) is 44.6 Å². The summed E-state index contributed by atoms with van der Waals surface area (Å²) in [6.07, 6.45) is 1.97. The lowest BCUT2D eigenvalue weighted by atomic mass is 10.1. The van der Waals surface area contributed by atoms with E-state index >= 15 is 0 Å². The molecule has 0 radical (unpaired) electrons. The largest absolute Gasteiger partial charge is 0.359 e. The van der Waals surface area contributed by atoms with E-state index in [0.29, 0.717) is 29.9 Å². The Bertz CT molecular complexity index is 855. The maximum Gasteiger partial charge on any atom is 0.191 e. The van der Waals surface area contributed by atoms with Gasteiger partial charge >= 0.3 is 0 Å². The Morgan fingerprint density at radius 1 is 1.22 bits per heavy atom. The number of nitrogens with one attached hydrogen (secondary N) is 2. The third-order valence-electron chi connectivity index (χ3n) is 3.96. The van der Waals surface area contributed by atoms with E-state index < -0.39 is 9.84 Å². The molecule has 27 heavy (non-hydrogen) atoms. The molecule has 2 rings (SSSR count). The van der Waals surface area contributed by atoms with Crippen LogP contribution < -0.4 is 10.6 Å². The van der Waals surface area contributed by atoms with E-state index in [0.717, 1.165) is 30.0 Å². The molecule has 0 aliphatic rings. The van der Waals surface area contributed by atoms with Gasteiger partial charge in [-0.05, 0) is 37.0 Å². The van der Waals surface area contributed by atoms with Crippen molar-refractivity contribution in [1.29, 1.82) is 0 Å². The Balaban J connectivity index is 1.89. The van der Waals surface area contributed by atoms with E-state index in [-0.39, 0.29) is 0 Å². The molecule has 2 N–H and O–H groups in total. The van der Waals surface area contributed by atoms with Gasteiger partial charge in [-0.15, -0.1) is 0 Å². The van der Waals surface area contributed by atoms with Crippen LogP contribution in [0.3, 0.4) is 0 Å². The van der Waals surface area contributed by atoms with Crippen LogP contribution in [0.5, 0.6) is 0 Å². The zero-order valence-electron chi connectivity index (χ0n) is 16.3. The Labute approximate surface area is 161 Å². The molecule has 8 heteroatoms. The molecule has 0 unspecified atom stereocenters. The molecular weight excluding hydrogens is 364 g/mol. The summed E-state index contributed by atoms with van der Waals surface area (Å²) >= 11 is 0. The smallest absolute Gasteiger partial charge is 0.191 e. The fourth-order valence-corrected chi connectivity index (χ4v) is 3.03. The molecule has 0 atom stereocenters. The van der Waals surface area contributed by atoms with Gasteiger partial charge in [0.1, 0.15) is 6.54 Å². The number of aliphatic imine (C=N–C) groups is 1. The van der Waals surface area contributed by atoms with Gasteiger partial charge in [0.15, 0.2) is 21.6 Å². The normalized spacial score (nSPS) is 12.4. The van der Waals surface area contributed by atoms with Gasteiger partial charge in [0.25, 0.3) is 0 Å². The minimum atomic E-state index is -3.16. The van der Waals surface area contributed by atoms with Gasteiger partial charge in [0.2, 0.25) is 0 Å². The standard InChI is InChI=1S/C19H28N4O3S/c1-5-20-19(22-13-16-12-18(14(2)3)23-26-16)21-11-10-15-6-8-17(9-7-15)27(4,24)25/h6-9,12,14H,5,10-11,13H2,1-4H3,(H2,20,21,22). The second-order valence-corrected chi connectivity index (χ2v) is 8.68. The summed E-state index contributed by atoms with van der Waals surface area (Å²) in [6, 6.07) is 8.88. The zero-order valence-corrected chi connectivity index (χ0v) is 17.1. The number of rotatable bonds is 8. The van der Waals surface area contributed by atoms with Crippen LogP contribution in [-0.2, 0) is 22.8 Å². The number of hydrogen-bond acceptors (Lipinski definition) is 5. The number of sulfone groups is 1. The Morgan fingerprint density at radius 2 is 1.93 bits per heavy atom. The average molecular weight is 393 g/mol. The zero-order chi connectivity index (χ0) is 19.9. The molecule has 1 aromatic carbocycles. The third-order valence-corrected chi connectivity index (χ3v) is 5.09. The summed E-state index contributed by atoms with van der Waals surface area (Å²) in [6.45, 7) is 7.99. The summed E-state index contributed by atoms with van der Waals surface area (Å²) in [5, 5.41) is 10.5.